The van der Waals surface area contributed by atoms with Crippen molar-refractivity contribution in [1.29, 1.82) is 0 Å². The maximum Gasteiger partial charge on any atom is 0.159 e. The van der Waals surface area contributed by atoms with E-state index in [-0.39, 0.29) is 0 Å². The summed E-state index contributed by atoms with van der Waals surface area (Å²) in [5.41, 5.74) is 0.417. The lowest BCUT2D eigenvalue weighted by molar-refractivity contribution is 0.167. The molecule has 0 aliphatic rings. The highest BCUT2D eigenvalue weighted by Gasteiger charge is 2.11. The Balaban J connectivity index is 1.99. The van der Waals surface area contributed by atoms with Crippen molar-refractivity contribution in [2.75, 3.05) is 0 Å². The molecule has 1 unspecified atom stereocenters. The van der Waals surface area contributed by atoms with Crippen molar-refractivity contribution in [2.24, 2.45) is 0 Å². The summed E-state index contributed by atoms with van der Waals surface area (Å²) in [4.78, 5) is 1.17. The minimum atomic E-state index is -0.919. The maximum absolute atomic E-state index is 13.0. The Hall–Kier alpha value is -1.26. The number of halogens is 2. The van der Waals surface area contributed by atoms with Gasteiger partial charge in [0.2, 0.25) is 0 Å². The minimum Gasteiger partial charge on any atom is -0.388 e. The number of rotatable bonds is 4. The van der Waals surface area contributed by atoms with Gasteiger partial charge in [-0.1, -0.05) is 12.1 Å². The van der Waals surface area contributed by atoms with Gasteiger partial charge in [-0.05, 0) is 42.0 Å². The van der Waals surface area contributed by atoms with Gasteiger partial charge >= 0.3 is 0 Å². The second-order valence-electron chi connectivity index (χ2n) is 3.81. The quantitative estimate of drug-likeness (QED) is 0.882. The van der Waals surface area contributed by atoms with Crippen molar-refractivity contribution < 1.29 is 13.9 Å². The molecule has 4 heteroatoms. The molecule has 90 valence electrons. The Bertz CT molecular complexity index is 482. The zero-order valence-corrected chi connectivity index (χ0v) is 9.88. The molecule has 17 heavy (non-hydrogen) atoms. The van der Waals surface area contributed by atoms with Crippen molar-refractivity contribution in [3.05, 3.63) is 57.8 Å². The van der Waals surface area contributed by atoms with Crippen LogP contribution >= 0.6 is 11.3 Å². The monoisotopic (exact) mass is 254 g/mol. The van der Waals surface area contributed by atoms with Gasteiger partial charge in [-0.3, -0.25) is 0 Å². The molecule has 2 rings (SSSR count). The van der Waals surface area contributed by atoms with E-state index in [2.05, 4.69) is 0 Å². The standard InChI is InChI=1S/C13H12F2OS/c14-11-5-3-9(8-12(11)15)13(16)6-4-10-2-1-7-17-10/h1-3,5,7-8,13,16H,4,6H2. The van der Waals surface area contributed by atoms with E-state index in [0.29, 0.717) is 12.0 Å². The van der Waals surface area contributed by atoms with Crippen LogP contribution in [0, 0.1) is 11.6 Å². The minimum absolute atomic E-state index is 0.417. The van der Waals surface area contributed by atoms with Crippen LogP contribution in [0.5, 0.6) is 0 Å². The summed E-state index contributed by atoms with van der Waals surface area (Å²) < 4.78 is 25.7. The molecule has 1 aromatic heterocycles. The Morgan fingerprint density at radius 2 is 2.00 bits per heavy atom. The van der Waals surface area contributed by atoms with Crippen molar-refractivity contribution in [1.82, 2.24) is 0 Å². The van der Waals surface area contributed by atoms with E-state index in [1.807, 2.05) is 17.5 Å². The molecule has 2 aromatic rings. The molecule has 0 fully saturated rings. The van der Waals surface area contributed by atoms with Gasteiger partial charge in [0, 0.05) is 4.88 Å². The number of benzene rings is 1. The van der Waals surface area contributed by atoms with Crippen LogP contribution in [-0.2, 0) is 6.42 Å². The predicted octanol–water partition coefficient (Wildman–Crippen LogP) is 3.69. The van der Waals surface area contributed by atoms with Crippen molar-refractivity contribution >= 4 is 11.3 Å². The largest absolute Gasteiger partial charge is 0.388 e. The molecule has 1 N–H and O–H groups in total. The maximum atomic E-state index is 13.0. The molecular weight excluding hydrogens is 242 g/mol. The first-order valence-corrected chi connectivity index (χ1v) is 6.20. The van der Waals surface area contributed by atoms with Gasteiger partial charge < -0.3 is 5.11 Å². The molecule has 0 saturated carbocycles. The number of aryl methyl sites for hydroxylation is 1. The molecule has 0 bridgehead atoms. The Labute approximate surface area is 102 Å². The fraction of sp³-hybridized carbons (Fsp3) is 0.231. The van der Waals surface area contributed by atoms with E-state index in [1.165, 1.54) is 10.9 Å². The fourth-order valence-corrected chi connectivity index (χ4v) is 2.34. The van der Waals surface area contributed by atoms with Gasteiger partial charge in [0.15, 0.2) is 11.6 Å². The molecule has 0 aliphatic heterocycles. The van der Waals surface area contributed by atoms with Crippen molar-refractivity contribution in [3.8, 4) is 0 Å². The summed E-state index contributed by atoms with van der Waals surface area (Å²) in [6.07, 6.45) is 0.482. The first kappa shape index (κ1) is 12.2. The number of hydrogen-bond acceptors (Lipinski definition) is 2. The van der Waals surface area contributed by atoms with Crippen LogP contribution in [0.2, 0.25) is 0 Å². The molecule has 0 aliphatic carbocycles. The fourth-order valence-electron chi connectivity index (χ4n) is 1.62. The average molecular weight is 254 g/mol. The molecule has 1 aromatic carbocycles. The summed E-state index contributed by atoms with van der Waals surface area (Å²) >= 11 is 1.62. The van der Waals surface area contributed by atoms with Crippen LogP contribution < -0.4 is 0 Å². The average Bonchev–Trinajstić information content (AvgIpc) is 2.82. The third-order valence-corrected chi connectivity index (χ3v) is 3.51. The highest BCUT2D eigenvalue weighted by Crippen LogP contribution is 2.22. The van der Waals surface area contributed by atoms with Crippen LogP contribution in [-0.4, -0.2) is 5.11 Å². The first-order chi connectivity index (χ1) is 8.16. The molecule has 1 heterocycles. The van der Waals surface area contributed by atoms with E-state index in [4.69, 9.17) is 0 Å². The molecule has 0 amide bonds. The second-order valence-corrected chi connectivity index (χ2v) is 4.84. The van der Waals surface area contributed by atoms with E-state index in [0.717, 1.165) is 18.6 Å². The topological polar surface area (TPSA) is 20.2 Å². The summed E-state index contributed by atoms with van der Waals surface area (Å²) in [7, 11) is 0. The lowest BCUT2D eigenvalue weighted by Crippen LogP contribution is -2.00. The third kappa shape index (κ3) is 3.11. The summed E-state index contributed by atoms with van der Waals surface area (Å²) in [6, 6.07) is 7.44. The smallest absolute Gasteiger partial charge is 0.159 e. The van der Waals surface area contributed by atoms with Crippen LogP contribution in [0.4, 0.5) is 8.78 Å². The lowest BCUT2D eigenvalue weighted by atomic mass is 10.0. The van der Waals surface area contributed by atoms with E-state index >= 15 is 0 Å². The van der Waals surface area contributed by atoms with Crippen LogP contribution in [0.15, 0.2) is 35.7 Å². The summed E-state index contributed by atoms with van der Waals surface area (Å²) in [6.45, 7) is 0. The molecule has 0 spiro atoms. The van der Waals surface area contributed by atoms with Gasteiger partial charge in [-0.15, -0.1) is 11.3 Å². The zero-order chi connectivity index (χ0) is 12.3. The normalized spacial score (nSPS) is 12.6. The van der Waals surface area contributed by atoms with Crippen LogP contribution in [0.3, 0.4) is 0 Å². The molecule has 0 radical (unpaired) electrons. The zero-order valence-electron chi connectivity index (χ0n) is 9.07. The molecule has 0 saturated heterocycles. The Morgan fingerprint density at radius 1 is 1.18 bits per heavy atom. The Kier molecular flexibility index (Phi) is 3.86. The highest BCUT2D eigenvalue weighted by molar-refractivity contribution is 7.09. The van der Waals surface area contributed by atoms with Crippen molar-refractivity contribution in [3.63, 3.8) is 0 Å². The van der Waals surface area contributed by atoms with Gasteiger partial charge in [0.05, 0.1) is 6.10 Å². The van der Waals surface area contributed by atoms with Crippen LogP contribution in [0.25, 0.3) is 0 Å². The van der Waals surface area contributed by atoms with E-state index in [1.54, 1.807) is 11.3 Å². The first-order valence-electron chi connectivity index (χ1n) is 5.32. The summed E-state index contributed by atoms with van der Waals surface area (Å²) in [5.74, 6) is -1.81. The Morgan fingerprint density at radius 3 is 2.65 bits per heavy atom. The van der Waals surface area contributed by atoms with E-state index in [9.17, 15) is 13.9 Å². The van der Waals surface area contributed by atoms with Gasteiger partial charge in [-0.2, -0.15) is 0 Å². The van der Waals surface area contributed by atoms with Gasteiger partial charge in [0.25, 0.3) is 0 Å². The van der Waals surface area contributed by atoms with Crippen molar-refractivity contribution in [2.45, 2.75) is 18.9 Å². The summed E-state index contributed by atoms with van der Waals surface area (Å²) in [5, 5.41) is 11.8. The molecular formula is C13H12F2OS. The third-order valence-electron chi connectivity index (χ3n) is 2.57. The van der Waals surface area contributed by atoms with Gasteiger partial charge in [0.1, 0.15) is 0 Å². The van der Waals surface area contributed by atoms with E-state index < -0.39 is 17.7 Å². The molecule has 1 atom stereocenters. The lowest BCUT2D eigenvalue weighted by Gasteiger charge is -2.10. The number of thiophene rings is 1. The van der Waals surface area contributed by atoms with Crippen LogP contribution in [0.1, 0.15) is 23.0 Å². The highest BCUT2D eigenvalue weighted by atomic mass is 32.1. The van der Waals surface area contributed by atoms with Gasteiger partial charge in [-0.25, -0.2) is 8.78 Å². The number of aliphatic hydroxyl groups is 1. The second kappa shape index (κ2) is 5.38. The number of aliphatic hydroxyl groups excluding tert-OH is 1. The predicted molar refractivity (Wildman–Crippen MR) is 64.0 cm³/mol. The molecule has 1 nitrogen and oxygen atoms in total. The number of hydrogen-bond donors (Lipinski definition) is 1. The SMILES string of the molecule is OC(CCc1cccs1)c1ccc(F)c(F)c1.